The average Bonchev–Trinajstić information content (AvgIpc) is 3.27. The molecular formula is C63H86BrNO6. The number of ketones is 6. The van der Waals surface area contributed by atoms with E-state index in [0.29, 0.717) is 4.48 Å². The third kappa shape index (κ3) is 6.72. The van der Waals surface area contributed by atoms with Crippen LogP contribution in [0.15, 0.2) is 45.6 Å². The molecule has 16 atom stereocenters. The number of rotatable bonds is 2. The van der Waals surface area contributed by atoms with Crippen LogP contribution in [-0.4, -0.2) is 34.7 Å². The smallest absolute Gasteiger partial charge is 0.226 e. The normalized spacial score (nSPS) is 50.0. The zero-order valence-corrected chi connectivity index (χ0v) is 48.0. The van der Waals surface area contributed by atoms with E-state index in [-0.39, 0.29) is 125 Å². The van der Waals surface area contributed by atoms with Gasteiger partial charge in [-0.15, -0.1) is 0 Å². The van der Waals surface area contributed by atoms with Crippen LogP contribution in [0.1, 0.15) is 201 Å². The predicted octanol–water partition coefficient (Wildman–Crippen LogP) is 14.8. The Morgan fingerprint density at radius 1 is 0.535 bits per heavy atom. The van der Waals surface area contributed by atoms with Crippen molar-refractivity contribution in [2.45, 2.75) is 201 Å². The topological polar surface area (TPSA) is 107 Å². The summed E-state index contributed by atoms with van der Waals surface area (Å²) in [4.78, 5) is 83.9. The lowest BCUT2D eigenvalue weighted by Gasteiger charge is -2.69. The van der Waals surface area contributed by atoms with Crippen molar-refractivity contribution in [2.24, 2.45) is 100 Å². The molecule has 6 fully saturated rings. The summed E-state index contributed by atoms with van der Waals surface area (Å²) >= 11 is 3.60. The highest BCUT2D eigenvalue weighted by atomic mass is 79.9. The molecule has 0 aromatic carbocycles. The first kappa shape index (κ1) is 52.8. The molecule has 71 heavy (non-hydrogen) atoms. The number of allylic oxidation sites excluding steroid dienone is 8. The Morgan fingerprint density at radius 2 is 0.901 bits per heavy atom. The molecule has 10 aliphatic rings. The summed E-state index contributed by atoms with van der Waals surface area (Å²) in [5.74, 6) is 1.67. The van der Waals surface area contributed by atoms with Crippen LogP contribution in [0.5, 0.6) is 0 Å². The van der Waals surface area contributed by atoms with Crippen LogP contribution in [0.3, 0.4) is 0 Å². The molecule has 7 nitrogen and oxygen atoms in total. The molecule has 10 rings (SSSR count). The minimum Gasteiger partial charge on any atom is -0.307 e. The van der Waals surface area contributed by atoms with E-state index in [9.17, 15) is 28.8 Å². The molecule has 0 bridgehead atoms. The molecule has 8 heteroatoms. The summed E-state index contributed by atoms with van der Waals surface area (Å²) < 4.78 is 0.659. The van der Waals surface area contributed by atoms with Gasteiger partial charge in [0.05, 0.1) is 11.1 Å². The van der Waals surface area contributed by atoms with Gasteiger partial charge in [-0.05, 0) is 188 Å². The van der Waals surface area contributed by atoms with Crippen molar-refractivity contribution in [3.05, 3.63) is 57.0 Å². The number of hydrogen-bond acceptors (Lipinski definition) is 6. The highest BCUT2D eigenvalue weighted by molar-refractivity contribution is 9.12. The molecule has 0 amide bonds. The van der Waals surface area contributed by atoms with E-state index in [2.05, 4.69) is 110 Å². The fourth-order valence-electron chi connectivity index (χ4n) is 19.9. The van der Waals surface area contributed by atoms with Gasteiger partial charge in [0, 0.05) is 44.3 Å². The summed E-state index contributed by atoms with van der Waals surface area (Å²) in [6.07, 6.45) is 21.7. The summed E-state index contributed by atoms with van der Waals surface area (Å²) in [6.45, 7) is 42.3. The maximum absolute atomic E-state index is 14.3. The highest BCUT2D eigenvalue weighted by Crippen LogP contribution is 2.77. The lowest BCUT2D eigenvalue weighted by atomic mass is 9.34. The Balaban J connectivity index is 0.000000176. The van der Waals surface area contributed by atoms with Crippen LogP contribution < -0.4 is 0 Å². The second kappa shape index (κ2) is 15.8. The molecule has 0 aromatic heterocycles. The van der Waals surface area contributed by atoms with Crippen LogP contribution in [0.25, 0.3) is 4.85 Å². The molecule has 0 spiro atoms. The number of nitrogens with zero attached hydrogens (tertiary/aromatic N) is 1. The number of hydrogen-bond donors (Lipinski definition) is 0. The summed E-state index contributed by atoms with van der Waals surface area (Å²) in [5, 5.41) is 0. The van der Waals surface area contributed by atoms with Gasteiger partial charge in [-0.3, -0.25) is 24.0 Å². The minimum atomic E-state index is -0.635. The average molecular weight is 1030 g/mol. The van der Waals surface area contributed by atoms with Gasteiger partial charge >= 0.3 is 0 Å². The third-order valence-electron chi connectivity index (χ3n) is 25.7. The number of carbonyl (C=O) groups excluding carboxylic acids is 6. The first-order valence-corrected chi connectivity index (χ1v) is 28.4. The summed E-state index contributed by atoms with van der Waals surface area (Å²) in [6, 6.07) is 0. The van der Waals surface area contributed by atoms with E-state index in [1.807, 2.05) is 32.1 Å². The number of halogens is 1. The van der Waals surface area contributed by atoms with Gasteiger partial charge in [0.1, 0.15) is 11.6 Å². The minimum absolute atomic E-state index is 0.0419. The zero-order chi connectivity index (χ0) is 52.7. The Morgan fingerprint density at radius 3 is 1.28 bits per heavy atom. The highest BCUT2D eigenvalue weighted by Gasteiger charge is 2.72. The lowest BCUT2D eigenvalue weighted by Crippen LogP contribution is -2.64. The van der Waals surface area contributed by atoms with Crippen molar-refractivity contribution in [1.29, 1.82) is 0 Å². The quantitative estimate of drug-likeness (QED) is 0.255. The van der Waals surface area contributed by atoms with Gasteiger partial charge in [0.15, 0.2) is 23.1 Å². The SMILES string of the molecule is CC(=O)[C@@]1(C)CC[C@]2(C)CC[C@]3(C)[C@H](C(=O)C=C4[C@@]5(C)C=C(Br)C(=O)C(C)(C)[C@@H]5CC[C@]43C)[C@@H]2C1.[C-]#[N+]C1=C[C@]2(C)C3=CC(=O)[C@@H]4[C@@H]5C[C@@](C)(C(C)=O)CC[C@]5(C)CC[C@@]4(C)[C@]3(C)CC[C@H]2C(C)(C)C1=O. The Bertz CT molecular complexity index is 2640. The van der Waals surface area contributed by atoms with Crippen molar-refractivity contribution >= 4 is 50.6 Å². The van der Waals surface area contributed by atoms with E-state index in [1.165, 1.54) is 5.57 Å². The van der Waals surface area contributed by atoms with E-state index in [0.717, 1.165) is 95.5 Å². The van der Waals surface area contributed by atoms with Gasteiger partial charge in [-0.25, -0.2) is 4.85 Å². The Labute approximate surface area is 435 Å². The van der Waals surface area contributed by atoms with Gasteiger partial charge < -0.3 is 4.79 Å². The Kier molecular flexibility index (Phi) is 11.7. The van der Waals surface area contributed by atoms with Crippen LogP contribution in [0.4, 0.5) is 0 Å². The van der Waals surface area contributed by atoms with Crippen LogP contribution in [-0.2, 0) is 28.8 Å². The van der Waals surface area contributed by atoms with Gasteiger partial charge in [0.25, 0.3) is 0 Å². The first-order valence-electron chi connectivity index (χ1n) is 27.6. The van der Waals surface area contributed by atoms with Gasteiger partial charge in [-0.2, -0.15) is 0 Å². The molecule has 6 saturated carbocycles. The molecule has 0 radical (unpaired) electrons. The molecule has 0 heterocycles. The molecule has 386 valence electrons. The molecule has 0 unspecified atom stereocenters. The number of Topliss-reactive ketones (excluding diaryl/α,β-unsaturated/α-hetero) is 4. The maximum Gasteiger partial charge on any atom is 0.226 e. The van der Waals surface area contributed by atoms with Crippen LogP contribution >= 0.6 is 15.9 Å². The van der Waals surface area contributed by atoms with Crippen LogP contribution in [0.2, 0.25) is 0 Å². The van der Waals surface area contributed by atoms with E-state index in [1.54, 1.807) is 13.8 Å². The predicted molar refractivity (Wildman–Crippen MR) is 283 cm³/mol. The second-order valence-electron chi connectivity index (χ2n) is 29.5. The first-order chi connectivity index (χ1) is 32.5. The fourth-order valence-corrected chi connectivity index (χ4v) is 20.9. The molecule has 0 saturated heterocycles. The monoisotopic (exact) mass is 1030 g/mol. The molecule has 0 aromatic rings. The Hall–Kier alpha value is -3.05. The number of fused-ring (bicyclic) bond motifs is 14. The van der Waals surface area contributed by atoms with E-state index < -0.39 is 16.2 Å². The van der Waals surface area contributed by atoms with Crippen LogP contribution in [0, 0.1) is 107 Å². The molecular weight excluding hydrogens is 947 g/mol. The summed E-state index contributed by atoms with van der Waals surface area (Å²) in [5.41, 5.74) is -0.413. The van der Waals surface area contributed by atoms with Crippen molar-refractivity contribution in [2.75, 3.05) is 0 Å². The second-order valence-corrected chi connectivity index (χ2v) is 30.4. The standard InChI is InChI=1S/C32H43NO3.C31H43BrO3/c1-19(34)29(5)13-12-28(4)14-15-32(8)25(20(28)17-29)22(35)16-24-30(6)18-21(33-9)26(36)27(2,3)23(30)10-11-31(24,32)7;1-18(33)28(5)12-11-27(4)13-14-31(8)24(19(27)16-28)21(34)15-23-29(6)17-20(32)25(35)26(2,3)22(29)9-10-30(23,31)7/h16,18,20,23,25H,10-15,17H2,1-8H3;15,17,19,22,24H,9-14,16H2,1-8H3/t20-,23-,25-,28+,29-,30-,31+,32+;19-,22-,24-,27+,28-,29-,30+,31+/m00/s1. The molecule has 0 N–H and O–H groups in total. The fraction of sp³-hybridized carbons (Fsp3) is 0.762. The maximum atomic E-state index is 14.3. The zero-order valence-electron chi connectivity index (χ0n) is 46.4. The third-order valence-corrected chi connectivity index (χ3v) is 26.2. The van der Waals surface area contributed by atoms with Crippen molar-refractivity contribution in [3.63, 3.8) is 0 Å². The number of carbonyl (C=O) groups is 6. The largest absolute Gasteiger partial charge is 0.307 e. The molecule has 10 aliphatic carbocycles. The van der Waals surface area contributed by atoms with E-state index in [4.69, 9.17) is 6.57 Å². The summed E-state index contributed by atoms with van der Waals surface area (Å²) in [7, 11) is 0. The van der Waals surface area contributed by atoms with E-state index >= 15 is 0 Å². The van der Waals surface area contributed by atoms with Crippen molar-refractivity contribution in [3.8, 4) is 0 Å². The molecule has 0 aliphatic heterocycles. The van der Waals surface area contributed by atoms with Gasteiger partial charge in [0.2, 0.25) is 5.70 Å². The van der Waals surface area contributed by atoms with Crippen molar-refractivity contribution < 1.29 is 28.8 Å². The van der Waals surface area contributed by atoms with Gasteiger partial charge in [-0.1, -0.05) is 120 Å². The lowest BCUT2D eigenvalue weighted by molar-refractivity contribution is -0.171. The van der Waals surface area contributed by atoms with Crippen molar-refractivity contribution in [1.82, 2.24) is 0 Å².